The van der Waals surface area contributed by atoms with Gasteiger partial charge in [0.1, 0.15) is 5.82 Å². The van der Waals surface area contributed by atoms with Crippen LogP contribution < -0.4 is 10.6 Å². The number of halogens is 1. The number of hydrogen-bond acceptors (Lipinski definition) is 5. The summed E-state index contributed by atoms with van der Waals surface area (Å²) in [6, 6.07) is 5.30. The highest BCUT2D eigenvalue weighted by molar-refractivity contribution is 8.01. The van der Waals surface area contributed by atoms with Crippen LogP contribution in [0.4, 0.5) is 11.4 Å². The number of benzene rings is 1. The first kappa shape index (κ1) is 18.7. The first-order valence-corrected chi connectivity index (χ1v) is 9.37. The van der Waals surface area contributed by atoms with Crippen molar-refractivity contribution in [3.8, 4) is 0 Å². The third-order valence-corrected chi connectivity index (χ3v) is 5.25. The monoisotopic (exact) mass is 390 g/mol. The maximum absolute atomic E-state index is 12.3. The minimum Gasteiger partial charge on any atom is -0.324 e. The molecule has 8 heteroatoms. The Morgan fingerprint density at radius 2 is 2.00 bits per heavy atom. The van der Waals surface area contributed by atoms with Gasteiger partial charge in [-0.25, -0.2) is 9.97 Å². The maximum Gasteiger partial charge on any atom is 0.238 e. The van der Waals surface area contributed by atoms with Crippen molar-refractivity contribution in [1.29, 1.82) is 0 Å². The fourth-order valence-electron chi connectivity index (χ4n) is 2.42. The number of fused-ring (bicyclic) bond motifs is 1. The molecule has 136 valence electrons. The molecule has 2 amide bonds. The Labute approximate surface area is 161 Å². The number of carbonyl (C=O) groups excluding carboxylic acids is 2. The van der Waals surface area contributed by atoms with E-state index in [1.807, 2.05) is 26.8 Å². The first-order valence-electron chi connectivity index (χ1n) is 8.12. The highest BCUT2D eigenvalue weighted by Crippen LogP contribution is 2.38. The Hall–Kier alpha value is -2.12. The number of carbonyl (C=O) groups is 2. The number of thioether (sulfide) groups is 1. The van der Waals surface area contributed by atoms with Gasteiger partial charge in [0, 0.05) is 21.8 Å². The molecule has 0 fully saturated rings. The molecule has 0 radical (unpaired) electrons. The van der Waals surface area contributed by atoms with E-state index >= 15 is 0 Å². The van der Waals surface area contributed by atoms with Gasteiger partial charge in [-0.15, -0.1) is 11.8 Å². The molecule has 2 heterocycles. The molecule has 0 aliphatic carbocycles. The van der Waals surface area contributed by atoms with Gasteiger partial charge in [0.25, 0.3) is 0 Å². The molecule has 6 nitrogen and oxygen atoms in total. The lowest BCUT2D eigenvalue weighted by Gasteiger charge is -2.23. The summed E-state index contributed by atoms with van der Waals surface area (Å²) in [4.78, 5) is 34.0. The van der Waals surface area contributed by atoms with E-state index in [1.54, 1.807) is 24.5 Å². The van der Waals surface area contributed by atoms with Gasteiger partial charge in [-0.1, -0.05) is 32.4 Å². The quantitative estimate of drug-likeness (QED) is 0.831. The Kier molecular flexibility index (Phi) is 5.20. The maximum atomic E-state index is 12.3. The fourth-order valence-corrected chi connectivity index (χ4v) is 3.68. The molecular weight excluding hydrogens is 372 g/mol. The second-order valence-electron chi connectivity index (χ2n) is 7.03. The van der Waals surface area contributed by atoms with E-state index in [2.05, 4.69) is 20.6 Å². The average Bonchev–Trinajstić information content (AvgIpc) is 2.55. The topological polar surface area (TPSA) is 84.0 Å². The van der Waals surface area contributed by atoms with E-state index in [0.717, 1.165) is 4.90 Å². The number of anilines is 2. The second kappa shape index (κ2) is 7.25. The molecule has 0 saturated heterocycles. The standard InChI is InChI=1S/C18H19ClN4O2S/c1-18(2,3)17-20-8-11(9-21-17)22-15(24)7-14-16(25)23-12-6-10(19)4-5-13(12)26-14/h4-6,8-9,14H,7H2,1-3H3,(H,22,24)(H,23,25). The van der Waals surface area contributed by atoms with Gasteiger partial charge in [0.05, 0.1) is 29.0 Å². The van der Waals surface area contributed by atoms with Crippen LogP contribution in [-0.2, 0) is 15.0 Å². The smallest absolute Gasteiger partial charge is 0.238 e. The van der Waals surface area contributed by atoms with Gasteiger partial charge >= 0.3 is 0 Å². The molecule has 26 heavy (non-hydrogen) atoms. The summed E-state index contributed by atoms with van der Waals surface area (Å²) in [6.45, 7) is 6.06. The molecule has 1 aliphatic rings. The van der Waals surface area contributed by atoms with Crippen LogP contribution in [0.15, 0.2) is 35.5 Å². The molecule has 3 rings (SSSR count). The van der Waals surface area contributed by atoms with Gasteiger partial charge in [-0.3, -0.25) is 9.59 Å². The average molecular weight is 391 g/mol. The predicted molar refractivity (Wildman–Crippen MR) is 104 cm³/mol. The van der Waals surface area contributed by atoms with Crippen LogP contribution in [0.1, 0.15) is 33.0 Å². The minimum atomic E-state index is -0.501. The van der Waals surface area contributed by atoms with Crippen molar-refractivity contribution in [2.45, 2.75) is 42.8 Å². The largest absolute Gasteiger partial charge is 0.324 e. The van der Waals surface area contributed by atoms with E-state index in [-0.39, 0.29) is 23.7 Å². The molecule has 1 atom stereocenters. The van der Waals surface area contributed by atoms with Crippen molar-refractivity contribution >= 4 is 46.6 Å². The summed E-state index contributed by atoms with van der Waals surface area (Å²) in [6.07, 6.45) is 3.22. The lowest BCUT2D eigenvalue weighted by Crippen LogP contribution is -2.32. The van der Waals surface area contributed by atoms with E-state index in [9.17, 15) is 9.59 Å². The molecule has 1 aromatic carbocycles. The van der Waals surface area contributed by atoms with Gasteiger partial charge < -0.3 is 10.6 Å². The zero-order valence-corrected chi connectivity index (χ0v) is 16.2. The molecular formula is C18H19ClN4O2S. The Morgan fingerprint density at radius 3 is 2.65 bits per heavy atom. The Balaban J connectivity index is 1.63. The number of nitrogens with one attached hydrogen (secondary N) is 2. The highest BCUT2D eigenvalue weighted by Gasteiger charge is 2.29. The molecule has 0 bridgehead atoms. The highest BCUT2D eigenvalue weighted by atomic mass is 35.5. The first-order chi connectivity index (χ1) is 12.2. The van der Waals surface area contributed by atoms with Crippen LogP contribution >= 0.6 is 23.4 Å². The SMILES string of the molecule is CC(C)(C)c1ncc(NC(=O)CC2Sc3ccc(Cl)cc3NC2=O)cn1. The van der Waals surface area contributed by atoms with Crippen LogP contribution in [0.25, 0.3) is 0 Å². The van der Waals surface area contributed by atoms with Gasteiger partial charge in [-0.05, 0) is 18.2 Å². The zero-order chi connectivity index (χ0) is 18.9. The molecule has 2 aromatic rings. The fraction of sp³-hybridized carbons (Fsp3) is 0.333. The van der Waals surface area contributed by atoms with Crippen molar-refractivity contribution < 1.29 is 9.59 Å². The molecule has 1 unspecified atom stereocenters. The zero-order valence-electron chi connectivity index (χ0n) is 14.7. The third-order valence-electron chi connectivity index (χ3n) is 3.74. The van der Waals surface area contributed by atoms with Crippen molar-refractivity contribution in [2.24, 2.45) is 0 Å². The molecule has 0 saturated carbocycles. The van der Waals surface area contributed by atoms with Crippen LogP contribution in [0.3, 0.4) is 0 Å². The van der Waals surface area contributed by atoms with Gasteiger partial charge in [0.2, 0.25) is 11.8 Å². The van der Waals surface area contributed by atoms with Crippen LogP contribution in [-0.4, -0.2) is 27.0 Å². The lowest BCUT2D eigenvalue weighted by atomic mass is 9.96. The van der Waals surface area contributed by atoms with Crippen LogP contribution in [0.2, 0.25) is 5.02 Å². The Morgan fingerprint density at radius 1 is 1.31 bits per heavy atom. The summed E-state index contributed by atoms with van der Waals surface area (Å²) in [7, 11) is 0. The van der Waals surface area contributed by atoms with Gasteiger partial charge in [0.15, 0.2) is 0 Å². The van der Waals surface area contributed by atoms with E-state index in [4.69, 9.17) is 11.6 Å². The number of nitrogens with zero attached hydrogens (tertiary/aromatic N) is 2. The van der Waals surface area contributed by atoms with Gasteiger partial charge in [-0.2, -0.15) is 0 Å². The van der Waals surface area contributed by atoms with E-state index < -0.39 is 5.25 Å². The summed E-state index contributed by atoms with van der Waals surface area (Å²) in [5.41, 5.74) is 1.03. The third kappa shape index (κ3) is 4.34. The van der Waals surface area contributed by atoms with Crippen molar-refractivity contribution in [3.05, 3.63) is 41.4 Å². The summed E-state index contributed by atoms with van der Waals surface area (Å²) in [5, 5.41) is 5.59. The molecule has 1 aliphatic heterocycles. The summed E-state index contributed by atoms with van der Waals surface area (Å²) in [5.74, 6) is 0.231. The number of amides is 2. The normalized spacial score (nSPS) is 16.6. The van der Waals surface area contributed by atoms with Crippen molar-refractivity contribution in [2.75, 3.05) is 10.6 Å². The number of aromatic nitrogens is 2. The lowest BCUT2D eigenvalue weighted by molar-refractivity contribution is -0.120. The molecule has 2 N–H and O–H groups in total. The van der Waals surface area contributed by atoms with Crippen LogP contribution in [0.5, 0.6) is 0 Å². The molecule has 0 spiro atoms. The van der Waals surface area contributed by atoms with E-state index in [0.29, 0.717) is 22.2 Å². The minimum absolute atomic E-state index is 0.0551. The number of hydrogen-bond donors (Lipinski definition) is 2. The Bertz CT molecular complexity index is 849. The van der Waals surface area contributed by atoms with Crippen LogP contribution in [0, 0.1) is 0 Å². The summed E-state index contributed by atoms with van der Waals surface area (Å²) >= 11 is 7.29. The summed E-state index contributed by atoms with van der Waals surface area (Å²) < 4.78 is 0. The van der Waals surface area contributed by atoms with Crippen molar-refractivity contribution in [1.82, 2.24) is 9.97 Å². The predicted octanol–water partition coefficient (Wildman–Crippen LogP) is 3.87. The van der Waals surface area contributed by atoms with E-state index in [1.165, 1.54) is 11.8 Å². The second-order valence-corrected chi connectivity index (χ2v) is 8.71. The number of rotatable bonds is 3. The molecule has 1 aromatic heterocycles. The van der Waals surface area contributed by atoms with Crippen molar-refractivity contribution in [3.63, 3.8) is 0 Å².